The predicted octanol–water partition coefficient (Wildman–Crippen LogP) is 2.68. The average Bonchev–Trinajstić information content (AvgIpc) is 3.24. The van der Waals surface area contributed by atoms with Crippen molar-refractivity contribution in [1.29, 1.82) is 0 Å². The highest BCUT2D eigenvalue weighted by molar-refractivity contribution is 7.92. The molecule has 3 rings (SSSR count). The summed E-state index contributed by atoms with van der Waals surface area (Å²) in [6, 6.07) is 6.17. The fraction of sp³-hybridized carbons (Fsp3) is 0.375. The van der Waals surface area contributed by atoms with Crippen molar-refractivity contribution < 1.29 is 22.3 Å². The number of ether oxygens (including phenoxy) is 2. The molecule has 8 nitrogen and oxygen atoms in total. The van der Waals surface area contributed by atoms with Gasteiger partial charge in [0.05, 0.1) is 31.0 Å². The summed E-state index contributed by atoms with van der Waals surface area (Å²) in [5, 5.41) is 0.0594. The zero-order chi connectivity index (χ0) is 18.9. The molecule has 2 aromatic rings. The summed E-state index contributed by atoms with van der Waals surface area (Å²) in [5.41, 5.74) is 6.32. The summed E-state index contributed by atoms with van der Waals surface area (Å²) in [6.07, 6.45) is 0.794. The van der Waals surface area contributed by atoms with E-state index in [2.05, 4.69) is 15.6 Å². The van der Waals surface area contributed by atoms with E-state index in [1.165, 1.54) is 32.4 Å². The van der Waals surface area contributed by atoms with E-state index in [-0.39, 0.29) is 33.6 Å². The maximum Gasteiger partial charge on any atom is 0.295 e. The summed E-state index contributed by atoms with van der Waals surface area (Å²) in [7, 11) is -1.07. The van der Waals surface area contributed by atoms with Crippen LogP contribution < -0.4 is 25.0 Å². The van der Waals surface area contributed by atoms with Crippen LogP contribution in [0.2, 0.25) is 5.02 Å². The highest BCUT2D eigenvalue weighted by Crippen LogP contribution is 2.37. The van der Waals surface area contributed by atoms with Crippen molar-refractivity contribution >= 4 is 27.3 Å². The average molecular weight is 402 g/mol. The second-order valence-corrected chi connectivity index (χ2v) is 7.95. The molecule has 2 heterocycles. The van der Waals surface area contributed by atoms with Crippen molar-refractivity contribution in [3.63, 3.8) is 0 Å². The molecule has 26 heavy (non-hydrogen) atoms. The first-order valence-electron chi connectivity index (χ1n) is 7.89. The number of hydrogen-bond acceptors (Lipinski definition) is 7. The number of anilines is 1. The van der Waals surface area contributed by atoms with Gasteiger partial charge in [-0.15, -0.1) is 0 Å². The molecule has 3 N–H and O–H groups in total. The lowest BCUT2D eigenvalue weighted by molar-refractivity contribution is 0.373. The van der Waals surface area contributed by atoms with Crippen molar-refractivity contribution in [3.05, 3.63) is 35.0 Å². The number of hydrogen-bond donors (Lipinski definition) is 3. The lowest BCUT2D eigenvalue weighted by Crippen LogP contribution is -2.28. The van der Waals surface area contributed by atoms with Crippen molar-refractivity contribution in [3.8, 4) is 11.5 Å². The fourth-order valence-corrected chi connectivity index (χ4v) is 3.95. The van der Waals surface area contributed by atoms with Crippen LogP contribution in [0.5, 0.6) is 11.5 Å². The van der Waals surface area contributed by atoms with Crippen LogP contribution in [-0.2, 0) is 10.0 Å². The summed E-state index contributed by atoms with van der Waals surface area (Å²) in [6.45, 7) is 2.02. The maximum absolute atomic E-state index is 12.7. The van der Waals surface area contributed by atoms with Gasteiger partial charge in [0.25, 0.3) is 10.0 Å². The van der Waals surface area contributed by atoms with Gasteiger partial charge in [0, 0.05) is 12.1 Å². The monoisotopic (exact) mass is 401 g/mol. The molecule has 2 unspecified atom stereocenters. The number of rotatable bonds is 6. The van der Waals surface area contributed by atoms with E-state index in [1.54, 1.807) is 6.07 Å². The molecule has 0 spiro atoms. The third kappa shape index (κ3) is 3.75. The van der Waals surface area contributed by atoms with Gasteiger partial charge in [-0.25, -0.2) is 5.43 Å². The molecule has 2 atom stereocenters. The Hall–Kier alpha value is -1.94. The van der Waals surface area contributed by atoms with Crippen LogP contribution in [0.4, 0.5) is 5.69 Å². The summed E-state index contributed by atoms with van der Waals surface area (Å²) in [5.74, 6) is 1.19. The number of halogens is 1. The van der Waals surface area contributed by atoms with Gasteiger partial charge in [-0.3, -0.25) is 10.1 Å². The van der Waals surface area contributed by atoms with Gasteiger partial charge in [0.15, 0.2) is 0 Å². The van der Waals surface area contributed by atoms with Crippen LogP contribution in [0.25, 0.3) is 0 Å². The Balaban J connectivity index is 1.86. The second kappa shape index (κ2) is 7.36. The molecule has 0 bridgehead atoms. The Morgan fingerprint density at radius 3 is 2.54 bits per heavy atom. The van der Waals surface area contributed by atoms with Gasteiger partial charge in [0.2, 0.25) is 5.09 Å². The predicted molar refractivity (Wildman–Crippen MR) is 97.2 cm³/mol. The largest absolute Gasteiger partial charge is 0.495 e. The van der Waals surface area contributed by atoms with E-state index < -0.39 is 10.0 Å². The topological polar surface area (TPSA) is 102 Å². The number of nitrogens with one attached hydrogen (secondary N) is 3. The molecule has 1 aromatic carbocycles. The molecule has 1 aliphatic rings. The third-order valence-corrected chi connectivity index (χ3v) is 5.56. The van der Waals surface area contributed by atoms with E-state index in [9.17, 15) is 8.42 Å². The SMILES string of the molecule is COc1cc(OC)c(NS(=O)(=O)c2ccc(C3CC(C)NN3)o2)cc1Cl. The highest BCUT2D eigenvalue weighted by atomic mass is 35.5. The van der Waals surface area contributed by atoms with Crippen LogP contribution in [-0.4, -0.2) is 28.7 Å². The Labute approximate surface area is 156 Å². The van der Waals surface area contributed by atoms with Crippen LogP contribution in [0.15, 0.2) is 33.8 Å². The van der Waals surface area contributed by atoms with Crippen LogP contribution >= 0.6 is 11.6 Å². The molecule has 1 fully saturated rings. The maximum atomic E-state index is 12.7. The molecular formula is C16H20ClN3O5S. The summed E-state index contributed by atoms with van der Waals surface area (Å²) in [4.78, 5) is 0. The minimum absolute atomic E-state index is 0.0843. The lowest BCUT2D eigenvalue weighted by atomic mass is 10.1. The Bertz CT molecular complexity index is 899. The van der Waals surface area contributed by atoms with Crippen LogP contribution in [0, 0.1) is 0 Å². The smallest absolute Gasteiger partial charge is 0.295 e. The van der Waals surface area contributed by atoms with Gasteiger partial charge in [-0.2, -0.15) is 8.42 Å². The number of furan rings is 1. The number of hydrazine groups is 1. The highest BCUT2D eigenvalue weighted by Gasteiger charge is 2.27. The zero-order valence-corrected chi connectivity index (χ0v) is 16.1. The minimum Gasteiger partial charge on any atom is -0.495 e. The van der Waals surface area contributed by atoms with E-state index >= 15 is 0 Å². The van der Waals surface area contributed by atoms with Gasteiger partial charge < -0.3 is 13.9 Å². The Kier molecular flexibility index (Phi) is 5.33. The van der Waals surface area contributed by atoms with Gasteiger partial charge in [0.1, 0.15) is 17.3 Å². The molecular weight excluding hydrogens is 382 g/mol. The fourth-order valence-electron chi connectivity index (χ4n) is 2.70. The summed E-state index contributed by atoms with van der Waals surface area (Å²) < 4.78 is 43.6. The first-order valence-corrected chi connectivity index (χ1v) is 9.75. The molecule has 1 aromatic heterocycles. The van der Waals surface area contributed by atoms with Crippen molar-refractivity contribution in [1.82, 2.24) is 10.9 Å². The molecule has 1 saturated heterocycles. The van der Waals surface area contributed by atoms with Crippen LogP contribution in [0.1, 0.15) is 25.1 Å². The molecule has 0 saturated carbocycles. The van der Waals surface area contributed by atoms with Crippen molar-refractivity contribution in [2.24, 2.45) is 0 Å². The summed E-state index contributed by atoms with van der Waals surface area (Å²) >= 11 is 6.08. The molecule has 10 heteroatoms. The number of benzene rings is 1. The van der Waals surface area contributed by atoms with Crippen molar-refractivity contribution in [2.45, 2.75) is 30.5 Å². The molecule has 1 aliphatic heterocycles. The Morgan fingerprint density at radius 1 is 1.19 bits per heavy atom. The standard InChI is InChI=1S/C16H20ClN3O5S/c1-9-6-11(19-18-9)13-4-5-16(25-13)26(21,22)20-12-7-10(17)14(23-2)8-15(12)24-3/h4-5,7-9,11,18-20H,6H2,1-3H3. The van der Waals surface area contributed by atoms with Crippen molar-refractivity contribution in [2.75, 3.05) is 18.9 Å². The van der Waals surface area contributed by atoms with E-state index in [0.29, 0.717) is 11.5 Å². The van der Waals surface area contributed by atoms with E-state index in [1.807, 2.05) is 6.92 Å². The molecule has 0 amide bonds. The molecule has 0 aliphatic carbocycles. The second-order valence-electron chi connectivity index (χ2n) is 5.93. The molecule has 142 valence electrons. The normalized spacial score (nSPS) is 20.2. The number of sulfonamides is 1. The van der Waals surface area contributed by atoms with Gasteiger partial charge in [-0.1, -0.05) is 11.6 Å². The quantitative estimate of drug-likeness (QED) is 0.683. The lowest BCUT2D eigenvalue weighted by Gasteiger charge is -2.13. The Morgan fingerprint density at radius 2 is 1.92 bits per heavy atom. The van der Waals surface area contributed by atoms with Gasteiger partial charge >= 0.3 is 0 Å². The first-order chi connectivity index (χ1) is 12.3. The zero-order valence-electron chi connectivity index (χ0n) is 14.5. The van der Waals surface area contributed by atoms with Gasteiger partial charge in [-0.05, 0) is 31.5 Å². The molecule has 0 radical (unpaired) electrons. The van der Waals surface area contributed by atoms with Crippen LogP contribution in [0.3, 0.4) is 0 Å². The van der Waals surface area contributed by atoms with E-state index in [0.717, 1.165) is 6.42 Å². The van der Waals surface area contributed by atoms with E-state index in [4.69, 9.17) is 25.5 Å². The minimum atomic E-state index is -3.95. The number of methoxy groups -OCH3 is 2. The third-order valence-electron chi connectivity index (χ3n) is 4.02. The first kappa shape index (κ1) is 18.8.